The summed E-state index contributed by atoms with van der Waals surface area (Å²) in [5.74, 6) is -1.10. The van der Waals surface area contributed by atoms with E-state index in [0.717, 1.165) is 6.07 Å². The fourth-order valence-corrected chi connectivity index (χ4v) is 3.08. The SMILES string of the molecule is CC(C)C(Cn1cccn1)(Cn1cncn1)c1ccc(F)cc1F. The van der Waals surface area contributed by atoms with E-state index in [4.69, 9.17) is 0 Å². The highest BCUT2D eigenvalue weighted by Crippen LogP contribution is 2.37. The average molecular weight is 331 g/mol. The number of aromatic nitrogens is 5. The van der Waals surface area contributed by atoms with E-state index in [0.29, 0.717) is 18.7 Å². The molecule has 0 N–H and O–H groups in total. The summed E-state index contributed by atoms with van der Waals surface area (Å²) >= 11 is 0. The number of nitrogens with zero attached hydrogens (tertiary/aromatic N) is 5. The molecule has 1 unspecified atom stereocenters. The summed E-state index contributed by atoms with van der Waals surface area (Å²) in [5.41, 5.74) is -0.206. The van der Waals surface area contributed by atoms with Crippen LogP contribution in [0.5, 0.6) is 0 Å². The zero-order chi connectivity index (χ0) is 17.2. The maximum absolute atomic E-state index is 14.6. The predicted octanol–water partition coefficient (Wildman–Crippen LogP) is 3.05. The van der Waals surface area contributed by atoms with E-state index >= 15 is 0 Å². The van der Waals surface area contributed by atoms with Crippen LogP contribution >= 0.6 is 0 Å². The lowest BCUT2D eigenvalue weighted by atomic mass is 9.71. The van der Waals surface area contributed by atoms with Crippen LogP contribution in [-0.4, -0.2) is 24.5 Å². The maximum atomic E-state index is 14.6. The van der Waals surface area contributed by atoms with E-state index in [1.807, 2.05) is 26.1 Å². The van der Waals surface area contributed by atoms with Gasteiger partial charge in [-0.1, -0.05) is 19.9 Å². The molecule has 0 saturated carbocycles. The van der Waals surface area contributed by atoms with Crippen LogP contribution in [0.25, 0.3) is 0 Å². The molecule has 0 fully saturated rings. The Morgan fingerprint density at radius 1 is 1.12 bits per heavy atom. The minimum atomic E-state index is -0.655. The lowest BCUT2D eigenvalue weighted by Crippen LogP contribution is -2.42. The Bertz CT molecular complexity index is 745. The van der Waals surface area contributed by atoms with Crippen LogP contribution in [0.4, 0.5) is 8.78 Å². The molecule has 3 aromatic rings. The second kappa shape index (κ2) is 6.51. The van der Waals surface area contributed by atoms with E-state index in [1.54, 1.807) is 21.9 Å². The highest BCUT2D eigenvalue weighted by Gasteiger charge is 2.39. The summed E-state index contributed by atoms with van der Waals surface area (Å²) in [4.78, 5) is 3.97. The molecule has 5 nitrogen and oxygen atoms in total. The number of benzene rings is 1. The second-order valence-corrected chi connectivity index (χ2v) is 6.23. The normalized spacial score (nSPS) is 14.0. The fourth-order valence-electron chi connectivity index (χ4n) is 3.08. The molecule has 1 aromatic carbocycles. The molecular weight excluding hydrogens is 312 g/mol. The van der Waals surface area contributed by atoms with Crippen LogP contribution < -0.4 is 0 Å². The van der Waals surface area contributed by atoms with E-state index in [1.165, 1.54) is 18.5 Å². The molecule has 0 spiro atoms. The Balaban J connectivity index is 2.12. The summed E-state index contributed by atoms with van der Waals surface area (Å²) in [6.07, 6.45) is 6.56. The van der Waals surface area contributed by atoms with Gasteiger partial charge in [0.05, 0.1) is 13.1 Å². The summed E-state index contributed by atoms with van der Waals surface area (Å²) in [7, 11) is 0. The second-order valence-electron chi connectivity index (χ2n) is 6.23. The van der Waals surface area contributed by atoms with Crippen molar-refractivity contribution in [2.45, 2.75) is 32.4 Å². The Hall–Kier alpha value is -2.57. The number of hydrogen-bond acceptors (Lipinski definition) is 3. The molecule has 0 aliphatic rings. The minimum Gasteiger partial charge on any atom is -0.272 e. The highest BCUT2D eigenvalue weighted by molar-refractivity contribution is 5.28. The van der Waals surface area contributed by atoms with Gasteiger partial charge in [-0.15, -0.1) is 0 Å². The summed E-state index contributed by atoms with van der Waals surface area (Å²) < 4.78 is 31.5. The number of rotatable bonds is 6. The summed E-state index contributed by atoms with van der Waals surface area (Å²) in [6, 6.07) is 5.56. The molecule has 0 saturated heterocycles. The first-order valence-corrected chi connectivity index (χ1v) is 7.76. The van der Waals surface area contributed by atoms with Crippen LogP contribution in [0.2, 0.25) is 0 Å². The van der Waals surface area contributed by atoms with Gasteiger partial charge in [-0.05, 0) is 23.6 Å². The average Bonchev–Trinajstić information content (AvgIpc) is 3.20. The van der Waals surface area contributed by atoms with Gasteiger partial charge >= 0.3 is 0 Å². The standard InChI is InChI=1S/C17H19F2N5/c1-13(2)17(9-23-7-3-6-21-23,10-24-12-20-11-22-24)15-5-4-14(18)8-16(15)19/h3-8,11-13H,9-10H2,1-2H3. The Labute approximate surface area is 139 Å². The van der Waals surface area contributed by atoms with Crippen LogP contribution in [0.15, 0.2) is 49.3 Å². The zero-order valence-electron chi connectivity index (χ0n) is 13.6. The molecular formula is C17H19F2N5. The third-order valence-corrected chi connectivity index (χ3v) is 4.49. The zero-order valence-corrected chi connectivity index (χ0v) is 13.6. The smallest absolute Gasteiger partial charge is 0.137 e. The van der Waals surface area contributed by atoms with Crippen molar-refractivity contribution in [3.8, 4) is 0 Å². The lowest BCUT2D eigenvalue weighted by molar-refractivity contribution is 0.203. The van der Waals surface area contributed by atoms with Gasteiger partial charge in [0.1, 0.15) is 24.3 Å². The molecule has 0 radical (unpaired) electrons. The summed E-state index contributed by atoms with van der Waals surface area (Å²) in [6.45, 7) is 4.89. The third kappa shape index (κ3) is 3.06. The number of halogens is 2. The van der Waals surface area contributed by atoms with E-state index in [2.05, 4.69) is 15.2 Å². The van der Waals surface area contributed by atoms with Crippen LogP contribution in [0.1, 0.15) is 19.4 Å². The van der Waals surface area contributed by atoms with Crippen molar-refractivity contribution >= 4 is 0 Å². The Morgan fingerprint density at radius 3 is 2.50 bits per heavy atom. The predicted molar refractivity (Wildman–Crippen MR) is 85.1 cm³/mol. The lowest BCUT2D eigenvalue weighted by Gasteiger charge is -2.38. The highest BCUT2D eigenvalue weighted by atomic mass is 19.1. The molecule has 0 aliphatic heterocycles. The minimum absolute atomic E-state index is 0.0471. The van der Waals surface area contributed by atoms with Crippen molar-refractivity contribution in [3.63, 3.8) is 0 Å². The van der Waals surface area contributed by atoms with Gasteiger partial charge in [0.15, 0.2) is 0 Å². The van der Waals surface area contributed by atoms with Crippen LogP contribution in [0.3, 0.4) is 0 Å². The molecule has 3 rings (SSSR count). The Morgan fingerprint density at radius 2 is 1.92 bits per heavy atom. The largest absolute Gasteiger partial charge is 0.272 e. The van der Waals surface area contributed by atoms with Crippen molar-refractivity contribution in [2.24, 2.45) is 5.92 Å². The first kappa shape index (κ1) is 16.3. The molecule has 2 heterocycles. The molecule has 1 atom stereocenters. The van der Waals surface area contributed by atoms with Gasteiger partial charge in [0.2, 0.25) is 0 Å². The van der Waals surface area contributed by atoms with Gasteiger partial charge in [0, 0.05) is 23.9 Å². The number of hydrogen-bond donors (Lipinski definition) is 0. The monoisotopic (exact) mass is 331 g/mol. The molecule has 0 bridgehead atoms. The third-order valence-electron chi connectivity index (χ3n) is 4.49. The maximum Gasteiger partial charge on any atom is 0.137 e. The Kier molecular flexibility index (Phi) is 4.42. The van der Waals surface area contributed by atoms with Crippen molar-refractivity contribution in [3.05, 3.63) is 66.5 Å². The van der Waals surface area contributed by atoms with Gasteiger partial charge in [-0.3, -0.25) is 9.36 Å². The first-order chi connectivity index (χ1) is 11.5. The van der Waals surface area contributed by atoms with Crippen molar-refractivity contribution < 1.29 is 8.78 Å². The van der Waals surface area contributed by atoms with Gasteiger partial charge in [-0.2, -0.15) is 10.2 Å². The van der Waals surface area contributed by atoms with Crippen molar-refractivity contribution in [1.29, 1.82) is 0 Å². The fraction of sp³-hybridized carbons (Fsp3) is 0.353. The molecule has 7 heteroatoms. The van der Waals surface area contributed by atoms with Gasteiger partial charge in [-0.25, -0.2) is 13.8 Å². The van der Waals surface area contributed by atoms with Crippen molar-refractivity contribution in [1.82, 2.24) is 24.5 Å². The molecule has 126 valence electrons. The molecule has 0 amide bonds. The quantitative estimate of drug-likeness (QED) is 0.697. The molecule has 2 aromatic heterocycles. The molecule has 24 heavy (non-hydrogen) atoms. The van der Waals surface area contributed by atoms with Crippen LogP contribution in [0, 0.1) is 17.6 Å². The van der Waals surface area contributed by atoms with E-state index < -0.39 is 17.0 Å². The molecule has 0 aliphatic carbocycles. The van der Waals surface area contributed by atoms with Gasteiger partial charge in [0.25, 0.3) is 0 Å². The van der Waals surface area contributed by atoms with E-state index in [9.17, 15) is 8.78 Å². The van der Waals surface area contributed by atoms with Crippen LogP contribution in [-0.2, 0) is 18.5 Å². The summed E-state index contributed by atoms with van der Waals surface area (Å²) in [5, 5.41) is 8.43. The van der Waals surface area contributed by atoms with E-state index in [-0.39, 0.29) is 5.92 Å². The van der Waals surface area contributed by atoms with Gasteiger partial charge < -0.3 is 0 Å². The topological polar surface area (TPSA) is 48.5 Å². The van der Waals surface area contributed by atoms with Crippen molar-refractivity contribution in [2.75, 3.05) is 0 Å². The first-order valence-electron chi connectivity index (χ1n) is 7.76.